The van der Waals surface area contributed by atoms with Crippen molar-refractivity contribution in [3.8, 4) is 17.1 Å². The zero-order valence-electron chi connectivity index (χ0n) is 13.2. The minimum absolute atomic E-state index is 0.276. The number of rotatable bonds is 5. The predicted octanol–water partition coefficient (Wildman–Crippen LogP) is 4.06. The van der Waals surface area contributed by atoms with Crippen LogP contribution in [0.2, 0.25) is 0 Å². The Bertz CT molecular complexity index is 850. The average Bonchev–Trinajstić information content (AvgIpc) is 2.97. The van der Waals surface area contributed by atoms with Gasteiger partial charge in [0, 0.05) is 23.9 Å². The lowest BCUT2D eigenvalue weighted by atomic mass is 10.2. The number of nitrogens with zero attached hydrogens (tertiary/aromatic N) is 3. The topological polar surface area (TPSA) is 39.9 Å². The van der Waals surface area contributed by atoms with Crippen LogP contribution in [0.25, 0.3) is 11.4 Å². The molecule has 3 rings (SSSR count). The molecular formula is C17H15F2N3OS. The standard InChI is InChI=1S/C17H15F2N3OS/c1-22-16(11-6-8-13(23-2)9-7-11)20-21-17(22)24-10-12-4-3-5-14(18)15(12)19/h3-9H,10H2,1-2H3. The van der Waals surface area contributed by atoms with Gasteiger partial charge in [0.05, 0.1) is 7.11 Å². The summed E-state index contributed by atoms with van der Waals surface area (Å²) in [7, 11) is 3.45. The number of aromatic nitrogens is 3. The highest BCUT2D eigenvalue weighted by molar-refractivity contribution is 7.98. The summed E-state index contributed by atoms with van der Waals surface area (Å²) in [6, 6.07) is 11.6. The van der Waals surface area contributed by atoms with Crippen molar-refractivity contribution in [3.05, 3.63) is 59.7 Å². The maximum atomic E-state index is 13.7. The first kappa shape index (κ1) is 16.4. The van der Waals surface area contributed by atoms with Gasteiger partial charge in [-0.3, -0.25) is 0 Å². The molecule has 0 spiro atoms. The summed E-state index contributed by atoms with van der Waals surface area (Å²) in [5.74, 6) is 0.0718. The van der Waals surface area contributed by atoms with Gasteiger partial charge in [-0.15, -0.1) is 10.2 Å². The smallest absolute Gasteiger partial charge is 0.191 e. The lowest BCUT2D eigenvalue weighted by molar-refractivity contribution is 0.415. The first-order valence-corrected chi connectivity index (χ1v) is 8.18. The summed E-state index contributed by atoms with van der Waals surface area (Å²) < 4.78 is 33.9. The second kappa shape index (κ2) is 7.00. The molecule has 0 radical (unpaired) electrons. The van der Waals surface area contributed by atoms with Crippen molar-refractivity contribution in [1.29, 1.82) is 0 Å². The van der Waals surface area contributed by atoms with Crippen LogP contribution < -0.4 is 4.74 Å². The van der Waals surface area contributed by atoms with Gasteiger partial charge in [0.25, 0.3) is 0 Å². The van der Waals surface area contributed by atoms with Crippen molar-refractivity contribution in [1.82, 2.24) is 14.8 Å². The van der Waals surface area contributed by atoms with Crippen molar-refractivity contribution in [3.63, 3.8) is 0 Å². The Labute approximate surface area is 142 Å². The molecule has 1 aromatic heterocycles. The molecule has 3 aromatic rings. The highest BCUT2D eigenvalue weighted by Gasteiger charge is 2.13. The van der Waals surface area contributed by atoms with Gasteiger partial charge in [-0.05, 0) is 30.3 Å². The number of hydrogen-bond acceptors (Lipinski definition) is 4. The normalized spacial score (nSPS) is 10.8. The van der Waals surface area contributed by atoms with Crippen LogP contribution in [-0.2, 0) is 12.8 Å². The average molecular weight is 347 g/mol. The molecule has 0 atom stereocenters. The second-order valence-electron chi connectivity index (χ2n) is 5.10. The monoisotopic (exact) mass is 347 g/mol. The van der Waals surface area contributed by atoms with E-state index in [2.05, 4.69) is 10.2 Å². The lowest BCUT2D eigenvalue weighted by Crippen LogP contribution is -1.96. The third kappa shape index (κ3) is 3.26. The first-order chi connectivity index (χ1) is 11.6. The molecule has 0 aliphatic rings. The molecule has 0 unspecified atom stereocenters. The molecule has 0 bridgehead atoms. The van der Waals surface area contributed by atoms with Gasteiger partial charge < -0.3 is 9.30 Å². The SMILES string of the molecule is COc1ccc(-c2nnc(SCc3cccc(F)c3F)n2C)cc1. The van der Waals surface area contributed by atoms with E-state index in [1.165, 1.54) is 17.8 Å². The third-order valence-corrected chi connectivity index (χ3v) is 4.64. The summed E-state index contributed by atoms with van der Waals surface area (Å²) in [4.78, 5) is 0. The zero-order chi connectivity index (χ0) is 17.1. The van der Waals surface area contributed by atoms with E-state index in [0.717, 1.165) is 17.4 Å². The minimum Gasteiger partial charge on any atom is -0.497 e. The maximum absolute atomic E-state index is 13.7. The largest absolute Gasteiger partial charge is 0.497 e. The number of halogens is 2. The predicted molar refractivity (Wildman–Crippen MR) is 88.9 cm³/mol. The number of methoxy groups -OCH3 is 1. The van der Waals surface area contributed by atoms with Crippen LogP contribution >= 0.6 is 11.8 Å². The summed E-state index contributed by atoms with van der Waals surface area (Å²) >= 11 is 1.30. The molecule has 0 amide bonds. The fraction of sp³-hybridized carbons (Fsp3) is 0.176. The molecule has 0 saturated heterocycles. The Kier molecular flexibility index (Phi) is 4.80. The molecule has 4 nitrogen and oxygen atoms in total. The van der Waals surface area contributed by atoms with E-state index < -0.39 is 11.6 Å². The number of benzene rings is 2. The highest BCUT2D eigenvalue weighted by Crippen LogP contribution is 2.27. The van der Waals surface area contributed by atoms with Crippen molar-refractivity contribution in [2.75, 3.05) is 7.11 Å². The van der Waals surface area contributed by atoms with Gasteiger partial charge >= 0.3 is 0 Å². The van der Waals surface area contributed by atoms with Crippen LogP contribution in [-0.4, -0.2) is 21.9 Å². The van der Waals surface area contributed by atoms with Crippen molar-refractivity contribution >= 4 is 11.8 Å². The van der Waals surface area contributed by atoms with Crippen molar-refractivity contribution in [2.45, 2.75) is 10.9 Å². The summed E-state index contributed by atoms with van der Waals surface area (Å²) in [5.41, 5.74) is 1.20. The number of ether oxygens (including phenoxy) is 1. The summed E-state index contributed by atoms with van der Waals surface area (Å²) in [6.45, 7) is 0. The van der Waals surface area contributed by atoms with Gasteiger partial charge in [0.1, 0.15) is 5.75 Å². The van der Waals surface area contributed by atoms with Gasteiger partial charge in [0.2, 0.25) is 0 Å². The molecule has 0 saturated carbocycles. The quantitative estimate of drug-likeness (QED) is 0.653. The van der Waals surface area contributed by atoms with E-state index >= 15 is 0 Å². The van der Waals surface area contributed by atoms with Crippen molar-refractivity contribution in [2.24, 2.45) is 7.05 Å². The van der Waals surface area contributed by atoms with Gasteiger partial charge in [-0.1, -0.05) is 23.9 Å². The van der Waals surface area contributed by atoms with Crippen LogP contribution in [0.15, 0.2) is 47.6 Å². The van der Waals surface area contributed by atoms with E-state index in [9.17, 15) is 8.78 Å². The van der Waals surface area contributed by atoms with E-state index in [4.69, 9.17) is 4.74 Å². The zero-order valence-corrected chi connectivity index (χ0v) is 14.0. The molecule has 124 valence electrons. The Morgan fingerprint density at radius 3 is 2.54 bits per heavy atom. The van der Waals surface area contributed by atoms with Crippen LogP contribution in [0, 0.1) is 11.6 Å². The van der Waals surface area contributed by atoms with Crippen LogP contribution in [0.3, 0.4) is 0 Å². The van der Waals surface area contributed by atoms with E-state index in [1.54, 1.807) is 13.2 Å². The Hall–Kier alpha value is -2.41. The lowest BCUT2D eigenvalue weighted by Gasteiger charge is -2.06. The van der Waals surface area contributed by atoms with Crippen LogP contribution in [0.1, 0.15) is 5.56 Å². The molecular weight excluding hydrogens is 332 g/mol. The van der Waals surface area contributed by atoms with E-state index in [-0.39, 0.29) is 5.75 Å². The summed E-state index contributed by atoms with van der Waals surface area (Å²) in [6.07, 6.45) is 0. The van der Waals surface area contributed by atoms with Gasteiger partial charge in [-0.25, -0.2) is 8.78 Å². The molecule has 24 heavy (non-hydrogen) atoms. The molecule has 0 aliphatic heterocycles. The van der Waals surface area contributed by atoms with Gasteiger partial charge in [-0.2, -0.15) is 0 Å². The molecule has 0 N–H and O–H groups in total. The fourth-order valence-corrected chi connectivity index (χ4v) is 3.12. The van der Waals surface area contributed by atoms with Crippen LogP contribution in [0.4, 0.5) is 8.78 Å². The first-order valence-electron chi connectivity index (χ1n) is 7.19. The fourth-order valence-electron chi connectivity index (χ4n) is 2.23. The van der Waals surface area contributed by atoms with Gasteiger partial charge in [0.15, 0.2) is 22.6 Å². The Morgan fingerprint density at radius 2 is 1.83 bits per heavy atom. The Balaban J connectivity index is 1.78. The number of thioether (sulfide) groups is 1. The Morgan fingerprint density at radius 1 is 1.08 bits per heavy atom. The second-order valence-corrected chi connectivity index (χ2v) is 6.04. The van der Waals surface area contributed by atoms with Crippen molar-refractivity contribution < 1.29 is 13.5 Å². The summed E-state index contributed by atoms with van der Waals surface area (Å²) in [5, 5.41) is 8.94. The molecule has 1 heterocycles. The highest BCUT2D eigenvalue weighted by atomic mass is 32.2. The molecule has 0 aliphatic carbocycles. The molecule has 7 heteroatoms. The molecule has 2 aromatic carbocycles. The minimum atomic E-state index is -0.843. The van der Waals surface area contributed by atoms with Crippen LogP contribution in [0.5, 0.6) is 5.75 Å². The van der Waals surface area contributed by atoms with E-state index in [0.29, 0.717) is 16.5 Å². The van der Waals surface area contributed by atoms with E-state index in [1.807, 2.05) is 35.9 Å². The maximum Gasteiger partial charge on any atom is 0.191 e. The third-order valence-electron chi connectivity index (χ3n) is 3.57. The number of hydrogen-bond donors (Lipinski definition) is 0. The molecule has 0 fully saturated rings.